The molecule has 2 atom stereocenters. The van der Waals surface area contributed by atoms with E-state index in [1.54, 1.807) is 0 Å². The van der Waals surface area contributed by atoms with E-state index in [4.69, 9.17) is 4.74 Å². The van der Waals surface area contributed by atoms with Crippen LogP contribution in [0.15, 0.2) is 0 Å². The van der Waals surface area contributed by atoms with E-state index in [0.29, 0.717) is 11.8 Å². The summed E-state index contributed by atoms with van der Waals surface area (Å²) in [6.07, 6.45) is 4.69. The Labute approximate surface area is 96.3 Å². The SMILES string of the molecule is O=C(OC1CCCC1)N1CC2CNCC2C1. The highest BCUT2D eigenvalue weighted by Gasteiger charge is 2.39. The van der Waals surface area contributed by atoms with Crippen LogP contribution in [-0.2, 0) is 4.74 Å². The van der Waals surface area contributed by atoms with Crippen LogP contribution < -0.4 is 5.32 Å². The van der Waals surface area contributed by atoms with E-state index in [1.165, 1.54) is 12.8 Å². The van der Waals surface area contributed by atoms with E-state index in [2.05, 4.69) is 5.32 Å². The van der Waals surface area contributed by atoms with Crippen molar-refractivity contribution < 1.29 is 9.53 Å². The van der Waals surface area contributed by atoms with Gasteiger partial charge in [0.1, 0.15) is 6.10 Å². The summed E-state index contributed by atoms with van der Waals surface area (Å²) in [4.78, 5) is 13.8. The molecule has 4 nitrogen and oxygen atoms in total. The number of nitrogens with zero attached hydrogens (tertiary/aromatic N) is 1. The van der Waals surface area contributed by atoms with Crippen LogP contribution in [0, 0.1) is 11.8 Å². The van der Waals surface area contributed by atoms with Crippen molar-refractivity contribution in [3.63, 3.8) is 0 Å². The molecule has 0 aromatic rings. The normalized spacial score (nSPS) is 34.4. The lowest BCUT2D eigenvalue weighted by atomic mass is 10.0. The molecule has 3 aliphatic rings. The summed E-state index contributed by atoms with van der Waals surface area (Å²) in [5.41, 5.74) is 0. The molecular weight excluding hydrogens is 204 g/mol. The minimum Gasteiger partial charge on any atom is -0.446 e. The monoisotopic (exact) mass is 224 g/mol. The number of carbonyl (C=O) groups excluding carboxylic acids is 1. The van der Waals surface area contributed by atoms with Crippen LogP contribution in [-0.4, -0.2) is 43.3 Å². The summed E-state index contributed by atoms with van der Waals surface area (Å²) in [6, 6.07) is 0. The maximum absolute atomic E-state index is 11.9. The van der Waals surface area contributed by atoms with Gasteiger partial charge in [0.25, 0.3) is 0 Å². The van der Waals surface area contributed by atoms with Crippen molar-refractivity contribution in [3.05, 3.63) is 0 Å². The minimum atomic E-state index is -0.0682. The molecule has 1 N–H and O–H groups in total. The van der Waals surface area contributed by atoms with Crippen LogP contribution in [0.25, 0.3) is 0 Å². The lowest BCUT2D eigenvalue weighted by Crippen LogP contribution is -2.34. The van der Waals surface area contributed by atoms with Gasteiger partial charge in [-0.2, -0.15) is 0 Å². The molecule has 4 heteroatoms. The number of nitrogens with one attached hydrogen (secondary N) is 1. The summed E-state index contributed by atoms with van der Waals surface area (Å²) < 4.78 is 5.53. The fourth-order valence-electron chi connectivity index (χ4n) is 3.23. The van der Waals surface area contributed by atoms with Gasteiger partial charge in [-0.1, -0.05) is 0 Å². The number of carbonyl (C=O) groups is 1. The number of ether oxygens (including phenoxy) is 1. The Balaban J connectivity index is 1.51. The predicted molar refractivity (Wildman–Crippen MR) is 60.2 cm³/mol. The Morgan fingerprint density at radius 3 is 2.38 bits per heavy atom. The van der Waals surface area contributed by atoms with Crippen LogP contribution in [0.1, 0.15) is 25.7 Å². The molecule has 0 aromatic carbocycles. The number of fused-ring (bicyclic) bond motifs is 1. The van der Waals surface area contributed by atoms with Crippen molar-refractivity contribution in [2.45, 2.75) is 31.8 Å². The van der Waals surface area contributed by atoms with Gasteiger partial charge in [-0.3, -0.25) is 0 Å². The molecule has 3 rings (SSSR count). The predicted octanol–water partition coefficient (Wildman–Crippen LogP) is 1.22. The van der Waals surface area contributed by atoms with Gasteiger partial charge in [-0.05, 0) is 37.5 Å². The highest BCUT2D eigenvalue weighted by atomic mass is 16.6. The third-order valence-electron chi connectivity index (χ3n) is 4.22. The van der Waals surface area contributed by atoms with Crippen LogP contribution in [0.5, 0.6) is 0 Å². The molecule has 1 amide bonds. The molecule has 0 bridgehead atoms. The number of rotatable bonds is 1. The largest absolute Gasteiger partial charge is 0.446 e. The Hall–Kier alpha value is -0.770. The Bertz CT molecular complexity index is 264. The van der Waals surface area contributed by atoms with Crippen molar-refractivity contribution in [3.8, 4) is 0 Å². The average molecular weight is 224 g/mol. The van der Waals surface area contributed by atoms with Gasteiger partial charge >= 0.3 is 6.09 Å². The first-order valence-corrected chi connectivity index (χ1v) is 6.49. The van der Waals surface area contributed by atoms with Gasteiger partial charge in [0.05, 0.1) is 0 Å². The second kappa shape index (κ2) is 4.24. The second-order valence-corrected chi connectivity index (χ2v) is 5.37. The second-order valence-electron chi connectivity index (χ2n) is 5.37. The molecule has 2 unspecified atom stereocenters. The quantitative estimate of drug-likeness (QED) is 0.728. The number of hydrogen-bond donors (Lipinski definition) is 1. The van der Waals surface area contributed by atoms with Crippen molar-refractivity contribution in [1.29, 1.82) is 0 Å². The zero-order valence-electron chi connectivity index (χ0n) is 9.65. The first-order valence-electron chi connectivity index (χ1n) is 6.49. The summed E-state index contributed by atoms with van der Waals surface area (Å²) in [5, 5.41) is 3.38. The molecule has 90 valence electrons. The average Bonchev–Trinajstić information content (AvgIpc) is 2.91. The van der Waals surface area contributed by atoms with Gasteiger partial charge in [-0.15, -0.1) is 0 Å². The van der Waals surface area contributed by atoms with Gasteiger partial charge in [0.2, 0.25) is 0 Å². The zero-order valence-corrected chi connectivity index (χ0v) is 9.65. The molecule has 0 radical (unpaired) electrons. The minimum absolute atomic E-state index is 0.0682. The smallest absolute Gasteiger partial charge is 0.410 e. The lowest BCUT2D eigenvalue weighted by molar-refractivity contribution is 0.0697. The van der Waals surface area contributed by atoms with Gasteiger partial charge in [-0.25, -0.2) is 4.79 Å². The third kappa shape index (κ3) is 1.90. The molecule has 3 fully saturated rings. The third-order valence-corrected chi connectivity index (χ3v) is 4.22. The fourth-order valence-corrected chi connectivity index (χ4v) is 3.23. The molecule has 1 saturated carbocycles. The van der Waals surface area contributed by atoms with Gasteiger partial charge < -0.3 is 15.0 Å². The first kappa shape index (κ1) is 10.4. The maximum atomic E-state index is 11.9. The molecule has 16 heavy (non-hydrogen) atoms. The molecule has 2 saturated heterocycles. The van der Waals surface area contributed by atoms with Crippen molar-refractivity contribution >= 4 is 6.09 Å². The Morgan fingerprint density at radius 1 is 1.12 bits per heavy atom. The van der Waals surface area contributed by atoms with Crippen LogP contribution in [0.3, 0.4) is 0 Å². The maximum Gasteiger partial charge on any atom is 0.410 e. The zero-order chi connectivity index (χ0) is 11.0. The van der Waals surface area contributed by atoms with E-state index < -0.39 is 0 Å². The topological polar surface area (TPSA) is 41.6 Å². The van der Waals surface area contributed by atoms with Gasteiger partial charge in [0, 0.05) is 26.2 Å². The van der Waals surface area contributed by atoms with E-state index in [0.717, 1.165) is 39.0 Å². The first-order chi connectivity index (χ1) is 7.83. The van der Waals surface area contributed by atoms with Crippen molar-refractivity contribution in [2.24, 2.45) is 11.8 Å². The highest BCUT2D eigenvalue weighted by molar-refractivity contribution is 5.68. The van der Waals surface area contributed by atoms with Crippen molar-refractivity contribution in [1.82, 2.24) is 10.2 Å². The molecular formula is C12H20N2O2. The fraction of sp³-hybridized carbons (Fsp3) is 0.917. The van der Waals surface area contributed by atoms with Crippen LogP contribution in [0.2, 0.25) is 0 Å². The highest BCUT2D eigenvalue weighted by Crippen LogP contribution is 2.28. The summed E-state index contributed by atoms with van der Waals surface area (Å²) >= 11 is 0. The van der Waals surface area contributed by atoms with E-state index in [9.17, 15) is 4.79 Å². The molecule has 2 heterocycles. The van der Waals surface area contributed by atoms with E-state index in [1.807, 2.05) is 4.90 Å². The van der Waals surface area contributed by atoms with Crippen LogP contribution >= 0.6 is 0 Å². The van der Waals surface area contributed by atoms with Gasteiger partial charge in [0.15, 0.2) is 0 Å². The summed E-state index contributed by atoms with van der Waals surface area (Å²) in [6.45, 7) is 3.92. The number of hydrogen-bond acceptors (Lipinski definition) is 3. The number of likely N-dealkylation sites (tertiary alicyclic amines) is 1. The van der Waals surface area contributed by atoms with E-state index in [-0.39, 0.29) is 12.2 Å². The Morgan fingerprint density at radius 2 is 1.75 bits per heavy atom. The summed E-state index contributed by atoms with van der Waals surface area (Å²) in [7, 11) is 0. The Kier molecular flexibility index (Phi) is 2.75. The van der Waals surface area contributed by atoms with E-state index >= 15 is 0 Å². The van der Waals surface area contributed by atoms with Crippen LogP contribution in [0.4, 0.5) is 4.79 Å². The molecule has 0 spiro atoms. The standard InChI is InChI=1S/C12H20N2O2/c15-12(16-11-3-1-2-4-11)14-7-9-5-13-6-10(9)8-14/h9-11,13H,1-8H2. The molecule has 0 aromatic heterocycles. The molecule has 2 aliphatic heterocycles. The molecule has 1 aliphatic carbocycles. The number of amides is 1. The van der Waals surface area contributed by atoms with Crippen molar-refractivity contribution in [2.75, 3.05) is 26.2 Å². The lowest BCUT2D eigenvalue weighted by Gasteiger charge is -2.20. The summed E-state index contributed by atoms with van der Waals surface area (Å²) in [5.74, 6) is 1.33.